The quantitative estimate of drug-likeness (QED) is 0.919. The van der Waals surface area contributed by atoms with Gasteiger partial charge in [-0.15, -0.1) is 0 Å². The number of ether oxygens (including phenoxy) is 1. The Balaban J connectivity index is 2.17. The predicted octanol–water partition coefficient (Wildman–Crippen LogP) is 3.71. The Kier molecular flexibility index (Phi) is 5.04. The zero-order valence-electron chi connectivity index (χ0n) is 13.0. The molecular formula is C16H24N2O3. The van der Waals surface area contributed by atoms with Gasteiger partial charge in [0.1, 0.15) is 0 Å². The molecule has 1 fully saturated rings. The number of nitrogens with zero attached hydrogens (tertiary/aromatic N) is 2. The maximum absolute atomic E-state index is 11.6. The van der Waals surface area contributed by atoms with Crippen LogP contribution in [0.5, 0.6) is 5.88 Å². The summed E-state index contributed by atoms with van der Waals surface area (Å²) in [6.07, 6.45) is 5.34. The maximum atomic E-state index is 11.6. The van der Waals surface area contributed by atoms with Gasteiger partial charge >= 0.3 is 6.09 Å². The number of hydrogen-bond donors (Lipinski definition) is 1. The van der Waals surface area contributed by atoms with Gasteiger partial charge in [-0.05, 0) is 37.2 Å². The molecule has 21 heavy (non-hydrogen) atoms. The third-order valence-corrected chi connectivity index (χ3v) is 4.27. The smallest absolute Gasteiger partial charge is 0.411 e. The minimum atomic E-state index is -0.914. The fraction of sp³-hybridized carbons (Fsp3) is 0.625. The number of aryl methyl sites for hydroxylation is 1. The molecule has 0 bridgehead atoms. The third kappa shape index (κ3) is 3.86. The molecule has 1 aromatic heterocycles. The van der Waals surface area contributed by atoms with Gasteiger partial charge in [-0.2, -0.15) is 0 Å². The van der Waals surface area contributed by atoms with Gasteiger partial charge in [0.15, 0.2) is 0 Å². The number of pyridine rings is 1. The van der Waals surface area contributed by atoms with Gasteiger partial charge in [0.25, 0.3) is 0 Å². The number of carbonyl (C=O) groups is 1. The molecule has 2 rings (SSSR count). The molecule has 1 aromatic rings. The van der Waals surface area contributed by atoms with E-state index in [2.05, 4.69) is 11.9 Å². The fourth-order valence-corrected chi connectivity index (χ4v) is 3.18. The van der Waals surface area contributed by atoms with Gasteiger partial charge in [0.05, 0.1) is 19.0 Å². The van der Waals surface area contributed by atoms with E-state index in [1.54, 1.807) is 19.4 Å². The Morgan fingerprint density at radius 2 is 2.29 bits per heavy atom. The van der Waals surface area contributed by atoms with Crippen LogP contribution in [-0.4, -0.2) is 29.8 Å². The van der Waals surface area contributed by atoms with Crippen molar-refractivity contribution in [3.8, 4) is 5.88 Å². The predicted molar refractivity (Wildman–Crippen MR) is 82.0 cm³/mol. The lowest BCUT2D eigenvalue weighted by Gasteiger charge is -2.31. The minimum Gasteiger partial charge on any atom is -0.481 e. The Morgan fingerprint density at radius 1 is 1.52 bits per heavy atom. The van der Waals surface area contributed by atoms with E-state index in [1.165, 1.54) is 17.7 Å². The van der Waals surface area contributed by atoms with Gasteiger partial charge in [0.2, 0.25) is 5.88 Å². The molecule has 1 N–H and O–H groups in total. The Bertz CT molecular complexity index is 504. The molecule has 2 unspecified atom stereocenters. The van der Waals surface area contributed by atoms with Crippen molar-refractivity contribution in [1.82, 2.24) is 4.98 Å². The SMILES string of the molecule is COc1cc(C)c(N(CC2CCCC(C)C2)C(=O)O)cn1. The number of hydrogen-bond acceptors (Lipinski definition) is 3. The van der Waals surface area contributed by atoms with Crippen LogP contribution in [0.25, 0.3) is 0 Å². The largest absolute Gasteiger partial charge is 0.481 e. The summed E-state index contributed by atoms with van der Waals surface area (Å²) < 4.78 is 5.08. The summed E-state index contributed by atoms with van der Waals surface area (Å²) in [7, 11) is 1.56. The van der Waals surface area contributed by atoms with Crippen molar-refractivity contribution in [1.29, 1.82) is 0 Å². The topological polar surface area (TPSA) is 62.7 Å². The van der Waals surface area contributed by atoms with Crippen molar-refractivity contribution in [3.05, 3.63) is 17.8 Å². The minimum absolute atomic E-state index is 0.436. The van der Waals surface area contributed by atoms with Gasteiger partial charge < -0.3 is 9.84 Å². The third-order valence-electron chi connectivity index (χ3n) is 4.27. The number of aromatic nitrogens is 1. The average molecular weight is 292 g/mol. The lowest BCUT2D eigenvalue weighted by Crippen LogP contribution is -2.36. The first-order valence-electron chi connectivity index (χ1n) is 7.52. The number of methoxy groups -OCH3 is 1. The highest BCUT2D eigenvalue weighted by Crippen LogP contribution is 2.31. The summed E-state index contributed by atoms with van der Waals surface area (Å²) in [5.41, 5.74) is 1.52. The summed E-state index contributed by atoms with van der Waals surface area (Å²) in [5, 5.41) is 9.54. The molecule has 1 heterocycles. The second-order valence-electron chi connectivity index (χ2n) is 6.04. The van der Waals surface area contributed by atoms with E-state index in [4.69, 9.17) is 4.74 Å². The average Bonchev–Trinajstić information content (AvgIpc) is 2.45. The van der Waals surface area contributed by atoms with Crippen LogP contribution in [-0.2, 0) is 0 Å². The van der Waals surface area contributed by atoms with Crippen LogP contribution in [0.2, 0.25) is 0 Å². The number of carboxylic acid groups (broad SMARTS) is 1. The van der Waals surface area contributed by atoms with Crippen LogP contribution in [0.4, 0.5) is 10.5 Å². The van der Waals surface area contributed by atoms with E-state index in [9.17, 15) is 9.90 Å². The highest BCUT2D eigenvalue weighted by Gasteiger charge is 2.25. The van der Waals surface area contributed by atoms with Crippen LogP contribution in [0.1, 0.15) is 38.2 Å². The van der Waals surface area contributed by atoms with E-state index in [-0.39, 0.29) is 0 Å². The highest BCUT2D eigenvalue weighted by molar-refractivity contribution is 5.86. The first-order valence-corrected chi connectivity index (χ1v) is 7.52. The van der Waals surface area contributed by atoms with Crippen molar-refractivity contribution in [2.45, 2.75) is 39.5 Å². The van der Waals surface area contributed by atoms with Gasteiger partial charge in [-0.25, -0.2) is 9.78 Å². The Labute approximate surface area is 125 Å². The molecule has 1 amide bonds. The zero-order valence-corrected chi connectivity index (χ0v) is 13.0. The van der Waals surface area contributed by atoms with E-state index < -0.39 is 6.09 Å². The molecule has 0 saturated heterocycles. The Morgan fingerprint density at radius 3 is 2.86 bits per heavy atom. The molecule has 0 radical (unpaired) electrons. The van der Waals surface area contributed by atoms with Gasteiger partial charge in [-0.1, -0.05) is 19.8 Å². The maximum Gasteiger partial charge on any atom is 0.411 e. The molecular weight excluding hydrogens is 268 g/mol. The monoisotopic (exact) mass is 292 g/mol. The Hall–Kier alpha value is -1.78. The van der Waals surface area contributed by atoms with Crippen LogP contribution in [0, 0.1) is 18.8 Å². The first-order chi connectivity index (χ1) is 10.0. The highest BCUT2D eigenvalue weighted by atomic mass is 16.5. The van der Waals surface area contributed by atoms with Crippen molar-refractivity contribution in [3.63, 3.8) is 0 Å². The standard InChI is InChI=1S/C16H24N2O3/c1-11-5-4-6-13(7-11)10-18(16(19)20)14-9-17-15(21-3)8-12(14)2/h8-9,11,13H,4-7,10H2,1-3H3,(H,19,20). The molecule has 5 heteroatoms. The number of amides is 1. The van der Waals surface area contributed by atoms with Gasteiger partial charge in [0, 0.05) is 12.6 Å². The second kappa shape index (κ2) is 6.78. The van der Waals surface area contributed by atoms with Crippen molar-refractivity contribution in [2.75, 3.05) is 18.6 Å². The van der Waals surface area contributed by atoms with Crippen LogP contribution in [0.3, 0.4) is 0 Å². The van der Waals surface area contributed by atoms with Gasteiger partial charge in [-0.3, -0.25) is 4.90 Å². The molecule has 0 spiro atoms. The summed E-state index contributed by atoms with van der Waals surface area (Å²) >= 11 is 0. The van der Waals surface area contributed by atoms with E-state index >= 15 is 0 Å². The van der Waals surface area contributed by atoms with E-state index in [0.717, 1.165) is 18.4 Å². The second-order valence-corrected chi connectivity index (χ2v) is 6.04. The fourth-order valence-electron chi connectivity index (χ4n) is 3.18. The normalized spacial score (nSPS) is 21.9. The van der Waals surface area contributed by atoms with Crippen LogP contribution < -0.4 is 9.64 Å². The number of rotatable bonds is 4. The van der Waals surface area contributed by atoms with Crippen molar-refractivity contribution < 1.29 is 14.6 Å². The summed E-state index contributed by atoms with van der Waals surface area (Å²) in [6, 6.07) is 1.77. The summed E-state index contributed by atoms with van der Waals surface area (Å²) in [4.78, 5) is 17.2. The van der Waals surface area contributed by atoms with E-state index in [1.807, 2.05) is 6.92 Å². The lowest BCUT2D eigenvalue weighted by atomic mass is 9.82. The number of anilines is 1. The lowest BCUT2D eigenvalue weighted by molar-refractivity contribution is 0.197. The van der Waals surface area contributed by atoms with Crippen LogP contribution >= 0.6 is 0 Å². The molecule has 1 saturated carbocycles. The molecule has 0 aliphatic heterocycles. The molecule has 2 atom stereocenters. The van der Waals surface area contributed by atoms with Crippen molar-refractivity contribution in [2.24, 2.45) is 11.8 Å². The zero-order chi connectivity index (χ0) is 15.4. The summed E-state index contributed by atoms with van der Waals surface area (Å²) in [5.74, 6) is 1.63. The molecule has 0 aromatic carbocycles. The molecule has 1 aliphatic carbocycles. The molecule has 116 valence electrons. The van der Waals surface area contributed by atoms with E-state index in [0.29, 0.717) is 29.9 Å². The molecule has 1 aliphatic rings. The van der Waals surface area contributed by atoms with Crippen LogP contribution in [0.15, 0.2) is 12.3 Å². The first kappa shape index (κ1) is 15.6. The van der Waals surface area contributed by atoms with Crippen molar-refractivity contribution >= 4 is 11.8 Å². The summed E-state index contributed by atoms with van der Waals surface area (Å²) in [6.45, 7) is 4.69. The molecule has 5 nitrogen and oxygen atoms in total.